The Hall–Kier alpha value is -4.15. The van der Waals surface area contributed by atoms with Gasteiger partial charge in [0.2, 0.25) is 16.9 Å². The number of fused-ring (bicyclic) bond motifs is 3. The van der Waals surface area contributed by atoms with Crippen molar-refractivity contribution in [3.63, 3.8) is 0 Å². The van der Waals surface area contributed by atoms with Crippen LogP contribution in [0.5, 0.6) is 11.5 Å². The molecule has 0 unspecified atom stereocenters. The van der Waals surface area contributed by atoms with Crippen LogP contribution in [0.25, 0.3) is 38.8 Å². The molecule has 6 nitrogen and oxygen atoms in total. The van der Waals surface area contributed by atoms with E-state index in [1.807, 2.05) is 24.3 Å². The molecule has 10 heteroatoms. The topological polar surface area (TPSA) is 79.8 Å². The molecule has 0 fully saturated rings. The molecule has 0 saturated heterocycles. The second-order valence-electron chi connectivity index (χ2n) is 8.08. The monoisotopic (exact) mass is 541 g/mol. The largest absolute Gasteiger partial charge is 0.741 e. The molecule has 38 heavy (non-hydrogen) atoms. The van der Waals surface area contributed by atoms with Crippen LogP contribution in [0, 0.1) is 0 Å². The summed E-state index contributed by atoms with van der Waals surface area (Å²) in [6.45, 7) is 0. The number of nitrogens with zero attached hydrogens (tertiary/aromatic N) is 1. The van der Waals surface area contributed by atoms with E-state index in [2.05, 4.69) is 77.2 Å². The molecule has 0 saturated carbocycles. The lowest BCUT2D eigenvalue weighted by molar-refractivity contribution is -0.485. The zero-order valence-electron chi connectivity index (χ0n) is 20.3. The number of para-hydroxylation sites is 1. The Morgan fingerprint density at radius 1 is 0.763 bits per heavy atom. The van der Waals surface area contributed by atoms with Crippen molar-refractivity contribution in [1.82, 2.24) is 0 Å². The highest BCUT2D eigenvalue weighted by molar-refractivity contribution is 7.86. The Labute approximate surface area is 217 Å². The van der Waals surface area contributed by atoms with Gasteiger partial charge in [0.05, 0.1) is 25.2 Å². The Morgan fingerprint density at radius 3 is 2.03 bits per heavy atom. The average molecular weight is 542 g/mol. The van der Waals surface area contributed by atoms with Gasteiger partial charge in [-0.25, -0.2) is 8.42 Å². The van der Waals surface area contributed by atoms with Gasteiger partial charge in [-0.2, -0.15) is 17.6 Å². The number of hydrogen-bond donors (Lipinski definition) is 0. The summed E-state index contributed by atoms with van der Waals surface area (Å²) in [5.41, 5.74) is -0.108. The van der Waals surface area contributed by atoms with Gasteiger partial charge >= 0.3 is 5.51 Å². The first-order chi connectivity index (χ1) is 18.0. The lowest BCUT2D eigenvalue weighted by atomic mass is 10.0. The fourth-order valence-corrected chi connectivity index (χ4v) is 4.09. The third-order valence-corrected chi connectivity index (χ3v) is 6.38. The number of methoxy groups -OCH3 is 2. The van der Waals surface area contributed by atoms with E-state index < -0.39 is 15.6 Å². The quantitative estimate of drug-likeness (QED) is 0.121. The minimum atomic E-state index is -6.09. The normalized spacial score (nSPS) is 11.6. The molecule has 0 aliphatic carbocycles. The number of ether oxygens (including phenoxy) is 2. The van der Waals surface area contributed by atoms with Crippen LogP contribution in [0.2, 0.25) is 0 Å². The summed E-state index contributed by atoms with van der Waals surface area (Å²) < 4.78 is 72.3. The van der Waals surface area contributed by atoms with Crippen LogP contribution < -0.4 is 13.9 Å². The highest BCUT2D eigenvalue weighted by Gasteiger charge is 2.37. The lowest BCUT2D eigenvalue weighted by Crippen LogP contribution is -2.28. The summed E-state index contributed by atoms with van der Waals surface area (Å²) in [7, 11) is -2.68. The van der Waals surface area contributed by atoms with E-state index in [1.54, 1.807) is 14.2 Å². The molecular formula is C28H22F3NO5S. The second kappa shape index (κ2) is 10.7. The highest BCUT2D eigenvalue weighted by atomic mass is 32.2. The first kappa shape index (κ1) is 26.9. The van der Waals surface area contributed by atoms with E-state index >= 15 is 0 Å². The summed E-state index contributed by atoms with van der Waals surface area (Å²) >= 11 is 0. The number of aromatic nitrogens is 1. The number of rotatable bonds is 4. The van der Waals surface area contributed by atoms with Gasteiger partial charge in [0, 0.05) is 23.8 Å². The standard InChI is InChI=1S/C27H22NO2.CHF3O3S/c1-29-21-16-14-19(15-17-21)24-11-7-12-25-22-9-4-3-8-20(22)18-26(28(24)25)23-10-5-6-13-27(23)30-2;2-1(3,4)8(5,6)7/h3-18H,1-2H3;(H,5,6,7)/q+1;/p-1. The van der Waals surface area contributed by atoms with Crippen molar-refractivity contribution in [3.8, 4) is 34.0 Å². The molecule has 0 amide bonds. The summed E-state index contributed by atoms with van der Waals surface area (Å²) in [5.74, 6) is 1.70. The second-order valence-corrected chi connectivity index (χ2v) is 9.45. The molecule has 5 rings (SSSR count). The van der Waals surface area contributed by atoms with Gasteiger partial charge in [-0.05, 0) is 53.9 Å². The molecule has 0 aliphatic rings. The van der Waals surface area contributed by atoms with Crippen molar-refractivity contribution in [2.24, 2.45) is 0 Å². The third kappa shape index (κ3) is 5.41. The maximum atomic E-state index is 10.7. The SMILES string of the molecule is COc1ccc(-c2cccc3c4ccccc4cc(-c4ccccc4OC)[n+]23)cc1.O=S(=O)([O-])C(F)(F)F. The number of halogens is 3. The molecule has 0 aliphatic heterocycles. The zero-order valence-corrected chi connectivity index (χ0v) is 21.1. The van der Waals surface area contributed by atoms with Crippen LogP contribution >= 0.6 is 0 Å². The number of alkyl halides is 3. The van der Waals surface area contributed by atoms with E-state index in [0.717, 1.165) is 39.5 Å². The van der Waals surface area contributed by atoms with Crippen molar-refractivity contribution in [1.29, 1.82) is 0 Å². The van der Waals surface area contributed by atoms with Gasteiger partial charge in [0.15, 0.2) is 10.1 Å². The predicted molar refractivity (Wildman–Crippen MR) is 137 cm³/mol. The van der Waals surface area contributed by atoms with Crippen LogP contribution in [0.15, 0.2) is 97.1 Å². The lowest BCUT2D eigenvalue weighted by Gasteiger charge is -2.11. The average Bonchev–Trinajstić information content (AvgIpc) is 2.91. The fraction of sp³-hybridized carbons (Fsp3) is 0.107. The molecule has 2 aromatic heterocycles. The Bertz CT molecular complexity index is 1700. The number of benzene rings is 3. The summed E-state index contributed by atoms with van der Waals surface area (Å²) in [4.78, 5) is 0. The van der Waals surface area contributed by atoms with Crippen LogP contribution in [0.3, 0.4) is 0 Å². The van der Waals surface area contributed by atoms with E-state index in [4.69, 9.17) is 22.4 Å². The van der Waals surface area contributed by atoms with Crippen molar-refractivity contribution in [3.05, 3.63) is 97.1 Å². The summed E-state index contributed by atoms with van der Waals surface area (Å²) in [6, 6.07) is 33.6. The molecule has 0 spiro atoms. The fourth-order valence-electron chi connectivity index (χ4n) is 4.09. The molecule has 2 heterocycles. The van der Waals surface area contributed by atoms with Gasteiger partial charge < -0.3 is 14.0 Å². The van der Waals surface area contributed by atoms with E-state index in [0.29, 0.717) is 0 Å². The minimum Gasteiger partial charge on any atom is -0.741 e. The van der Waals surface area contributed by atoms with Crippen LogP contribution in [-0.2, 0) is 10.1 Å². The third-order valence-electron chi connectivity index (χ3n) is 5.81. The van der Waals surface area contributed by atoms with Gasteiger partial charge in [-0.1, -0.05) is 30.3 Å². The van der Waals surface area contributed by atoms with Gasteiger partial charge in [-0.3, -0.25) is 0 Å². The van der Waals surface area contributed by atoms with Crippen LogP contribution in [0.4, 0.5) is 13.2 Å². The number of pyridine rings is 2. The van der Waals surface area contributed by atoms with Crippen LogP contribution in [-0.4, -0.2) is 32.7 Å². The summed E-state index contributed by atoms with van der Waals surface area (Å²) in [6.07, 6.45) is 0. The summed E-state index contributed by atoms with van der Waals surface area (Å²) in [5, 5.41) is 2.41. The molecule has 196 valence electrons. The van der Waals surface area contributed by atoms with E-state index in [9.17, 15) is 13.2 Å². The highest BCUT2D eigenvalue weighted by Crippen LogP contribution is 2.32. The van der Waals surface area contributed by atoms with Gasteiger partial charge in [-0.15, -0.1) is 0 Å². The first-order valence-corrected chi connectivity index (χ1v) is 12.6. The molecule has 0 bridgehead atoms. The zero-order chi connectivity index (χ0) is 27.5. The molecular weight excluding hydrogens is 519 g/mol. The maximum Gasteiger partial charge on any atom is 0.485 e. The van der Waals surface area contributed by atoms with Crippen LogP contribution in [0.1, 0.15) is 0 Å². The molecule has 0 N–H and O–H groups in total. The van der Waals surface area contributed by atoms with Crippen molar-refractivity contribution >= 4 is 26.4 Å². The van der Waals surface area contributed by atoms with Gasteiger partial charge in [0.1, 0.15) is 11.5 Å². The smallest absolute Gasteiger partial charge is 0.485 e. The van der Waals surface area contributed by atoms with E-state index in [-0.39, 0.29) is 0 Å². The van der Waals surface area contributed by atoms with Gasteiger partial charge in [0.25, 0.3) is 0 Å². The van der Waals surface area contributed by atoms with Crippen molar-refractivity contribution < 1.29 is 40.0 Å². The Morgan fingerprint density at radius 2 is 1.39 bits per heavy atom. The molecule has 5 aromatic rings. The molecule has 0 radical (unpaired) electrons. The predicted octanol–water partition coefficient (Wildman–Crippen LogP) is 5.98. The first-order valence-electron chi connectivity index (χ1n) is 11.2. The molecule has 3 aromatic carbocycles. The number of hydrogen-bond acceptors (Lipinski definition) is 5. The maximum absolute atomic E-state index is 10.7. The minimum absolute atomic E-state index is 0.847. The van der Waals surface area contributed by atoms with Crippen molar-refractivity contribution in [2.75, 3.05) is 14.2 Å². The van der Waals surface area contributed by atoms with E-state index in [1.165, 1.54) is 10.8 Å². The Kier molecular flexibility index (Phi) is 7.56. The molecule has 0 atom stereocenters. The Balaban J connectivity index is 0.000000368. The van der Waals surface area contributed by atoms with Crippen molar-refractivity contribution in [2.45, 2.75) is 5.51 Å².